The molecule has 1 aliphatic rings. The lowest BCUT2D eigenvalue weighted by Gasteiger charge is -2.15. The van der Waals surface area contributed by atoms with Crippen LogP contribution in [0, 0.1) is 0 Å². The fourth-order valence-electron chi connectivity index (χ4n) is 2.25. The highest BCUT2D eigenvalue weighted by molar-refractivity contribution is 7.17. The molecule has 2 heterocycles. The molecule has 3 rings (SSSR count). The smallest absolute Gasteiger partial charge is 0.186 e. The number of nitrogens with zero attached hydrogens (tertiary/aromatic N) is 3. The molecule has 0 atom stereocenters. The van der Waals surface area contributed by atoms with Crippen LogP contribution in [0.5, 0.6) is 0 Å². The molecule has 5 heteroatoms. The van der Waals surface area contributed by atoms with Crippen molar-refractivity contribution in [1.82, 2.24) is 9.97 Å². The lowest BCUT2D eigenvalue weighted by molar-refractivity contribution is 0.0976. The number of carbonyl (C=O) groups excluding carboxylic acids is 1. The Balaban J connectivity index is 1.81. The normalized spacial score (nSPS) is 14.3. The topological polar surface area (TPSA) is 46.1 Å². The average molecular weight is 273 g/mol. The first-order valence-electron chi connectivity index (χ1n) is 6.37. The van der Waals surface area contributed by atoms with E-state index in [-0.39, 0.29) is 5.78 Å². The van der Waals surface area contributed by atoms with Crippen LogP contribution in [0.1, 0.15) is 33.8 Å². The van der Waals surface area contributed by atoms with Gasteiger partial charge in [-0.1, -0.05) is 17.4 Å². The Kier molecular flexibility index (Phi) is 3.29. The molecule has 0 bridgehead atoms. The molecule has 98 valence electrons. The third-order valence-corrected chi connectivity index (χ3v) is 4.48. The summed E-state index contributed by atoms with van der Waals surface area (Å²) in [6.07, 6.45) is 6.15. The lowest BCUT2D eigenvalue weighted by atomic mass is 10.0. The van der Waals surface area contributed by atoms with E-state index in [1.165, 1.54) is 11.3 Å². The van der Waals surface area contributed by atoms with Crippen molar-refractivity contribution < 1.29 is 4.79 Å². The number of fused-ring (bicyclic) bond motifs is 1. The number of hydrogen-bond donors (Lipinski definition) is 0. The number of rotatable bonds is 3. The van der Waals surface area contributed by atoms with Crippen molar-refractivity contribution in [3.8, 4) is 0 Å². The van der Waals surface area contributed by atoms with Crippen LogP contribution in [0.4, 0.5) is 5.13 Å². The van der Waals surface area contributed by atoms with E-state index in [9.17, 15) is 4.79 Å². The number of thiazole rings is 1. The minimum atomic E-state index is 0.250. The lowest BCUT2D eigenvalue weighted by Crippen LogP contribution is -2.16. The number of hydrogen-bond acceptors (Lipinski definition) is 5. The summed E-state index contributed by atoms with van der Waals surface area (Å²) >= 11 is 1.52. The van der Waals surface area contributed by atoms with Crippen LogP contribution in [0.25, 0.3) is 0 Å². The Morgan fingerprint density at radius 3 is 3.05 bits per heavy atom. The van der Waals surface area contributed by atoms with Gasteiger partial charge in [-0.15, -0.1) is 0 Å². The molecule has 0 amide bonds. The fourth-order valence-corrected chi connectivity index (χ4v) is 3.29. The van der Waals surface area contributed by atoms with Gasteiger partial charge in [0, 0.05) is 32.4 Å². The molecule has 0 radical (unpaired) electrons. The molecular formula is C14H15N3OS. The summed E-state index contributed by atoms with van der Waals surface area (Å²) in [5.41, 5.74) is 2.12. The Morgan fingerprint density at radius 2 is 2.32 bits per heavy atom. The first-order valence-corrected chi connectivity index (χ1v) is 7.18. The van der Waals surface area contributed by atoms with Crippen LogP contribution in [-0.2, 0) is 13.0 Å². The van der Waals surface area contributed by atoms with Crippen molar-refractivity contribution in [1.29, 1.82) is 0 Å². The largest absolute Gasteiger partial charge is 0.347 e. The molecule has 0 unspecified atom stereocenters. The minimum Gasteiger partial charge on any atom is -0.347 e. The van der Waals surface area contributed by atoms with Gasteiger partial charge in [-0.3, -0.25) is 9.78 Å². The summed E-state index contributed by atoms with van der Waals surface area (Å²) < 4.78 is 0. The van der Waals surface area contributed by atoms with Crippen LogP contribution in [0.15, 0.2) is 24.5 Å². The molecule has 0 fully saturated rings. The molecule has 1 aliphatic carbocycles. The number of aromatic nitrogens is 2. The van der Waals surface area contributed by atoms with Crippen molar-refractivity contribution in [2.24, 2.45) is 0 Å². The van der Waals surface area contributed by atoms with Gasteiger partial charge in [0.1, 0.15) is 0 Å². The van der Waals surface area contributed by atoms with Gasteiger partial charge in [0.25, 0.3) is 0 Å². The number of anilines is 1. The zero-order chi connectivity index (χ0) is 13.2. The predicted molar refractivity (Wildman–Crippen MR) is 75.7 cm³/mol. The average Bonchev–Trinajstić information content (AvgIpc) is 2.85. The van der Waals surface area contributed by atoms with Crippen molar-refractivity contribution in [2.75, 3.05) is 11.9 Å². The highest BCUT2D eigenvalue weighted by Gasteiger charge is 2.23. The molecule has 0 saturated heterocycles. The standard InChI is InChI=1S/C14H15N3OS/c1-17(9-10-4-3-7-15-8-10)14-16-11-5-2-6-12(18)13(11)19-14/h3-4,7-8H,2,5-6,9H2,1H3. The predicted octanol–water partition coefficient (Wildman–Crippen LogP) is 2.69. The molecule has 0 aliphatic heterocycles. The second-order valence-corrected chi connectivity index (χ2v) is 5.74. The Hall–Kier alpha value is -1.75. The molecule has 2 aromatic heterocycles. The van der Waals surface area contributed by atoms with Crippen molar-refractivity contribution in [3.63, 3.8) is 0 Å². The van der Waals surface area contributed by atoms with E-state index in [0.717, 1.165) is 40.7 Å². The molecular weight excluding hydrogens is 258 g/mol. The maximum absolute atomic E-state index is 11.8. The Labute approximate surface area is 116 Å². The van der Waals surface area contributed by atoms with Gasteiger partial charge in [0.15, 0.2) is 10.9 Å². The van der Waals surface area contributed by atoms with E-state index in [1.54, 1.807) is 6.20 Å². The summed E-state index contributed by atoms with van der Waals surface area (Å²) in [6, 6.07) is 3.97. The third-order valence-electron chi connectivity index (χ3n) is 3.23. The summed E-state index contributed by atoms with van der Waals surface area (Å²) in [6.45, 7) is 0.758. The molecule has 19 heavy (non-hydrogen) atoms. The van der Waals surface area contributed by atoms with E-state index in [4.69, 9.17) is 0 Å². The van der Waals surface area contributed by atoms with Gasteiger partial charge in [-0.05, 0) is 24.5 Å². The summed E-state index contributed by atoms with van der Waals surface area (Å²) in [5.74, 6) is 0.250. The second kappa shape index (κ2) is 5.09. The van der Waals surface area contributed by atoms with E-state index in [1.807, 2.05) is 25.4 Å². The number of Topliss-reactive ketones (excluding diaryl/α,β-unsaturated/α-hetero) is 1. The van der Waals surface area contributed by atoms with E-state index in [2.05, 4.69) is 14.9 Å². The molecule has 0 spiro atoms. The third kappa shape index (κ3) is 2.51. The van der Waals surface area contributed by atoms with Crippen LogP contribution >= 0.6 is 11.3 Å². The molecule has 0 aromatic carbocycles. The zero-order valence-electron chi connectivity index (χ0n) is 10.8. The molecule has 0 saturated carbocycles. The van der Waals surface area contributed by atoms with Crippen LogP contribution in [-0.4, -0.2) is 22.8 Å². The summed E-state index contributed by atoms with van der Waals surface area (Å²) in [4.78, 5) is 23.5. The second-order valence-electron chi connectivity index (χ2n) is 4.77. The van der Waals surface area contributed by atoms with Crippen molar-refractivity contribution in [3.05, 3.63) is 40.7 Å². The number of carbonyl (C=O) groups is 1. The number of pyridine rings is 1. The van der Waals surface area contributed by atoms with Gasteiger partial charge in [-0.2, -0.15) is 0 Å². The zero-order valence-corrected chi connectivity index (χ0v) is 11.6. The van der Waals surface area contributed by atoms with Crippen molar-refractivity contribution in [2.45, 2.75) is 25.8 Å². The van der Waals surface area contributed by atoms with E-state index < -0.39 is 0 Å². The summed E-state index contributed by atoms with van der Waals surface area (Å²) in [7, 11) is 2.00. The number of ketones is 1. The maximum atomic E-state index is 11.8. The van der Waals surface area contributed by atoms with Gasteiger partial charge >= 0.3 is 0 Å². The Bertz CT molecular complexity index is 594. The quantitative estimate of drug-likeness (QED) is 0.862. The van der Waals surface area contributed by atoms with Gasteiger partial charge in [0.05, 0.1) is 10.6 Å². The Morgan fingerprint density at radius 1 is 1.42 bits per heavy atom. The minimum absolute atomic E-state index is 0.250. The first kappa shape index (κ1) is 12.3. The highest BCUT2D eigenvalue weighted by atomic mass is 32.1. The fraction of sp³-hybridized carbons (Fsp3) is 0.357. The van der Waals surface area contributed by atoms with Gasteiger partial charge in [-0.25, -0.2) is 4.98 Å². The van der Waals surface area contributed by atoms with Crippen LogP contribution < -0.4 is 4.90 Å². The molecule has 4 nitrogen and oxygen atoms in total. The van der Waals surface area contributed by atoms with Crippen LogP contribution in [0.3, 0.4) is 0 Å². The van der Waals surface area contributed by atoms with E-state index in [0.29, 0.717) is 6.42 Å². The monoisotopic (exact) mass is 273 g/mol. The van der Waals surface area contributed by atoms with Crippen molar-refractivity contribution >= 4 is 22.3 Å². The van der Waals surface area contributed by atoms with Gasteiger partial charge in [0.2, 0.25) is 0 Å². The maximum Gasteiger partial charge on any atom is 0.186 e. The van der Waals surface area contributed by atoms with E-state index >= 15 is 0 Å². The number of aryl methyl sites for hydroxylation is 1. The van der Waals surface area contributed by atoms with Gasteiger partial charge < -0.3 is 4.90 Å². The SMILES string of the molecule is CN(Cc1cccnc1)c1nc2c(s1)C(=O)CCC2. The first-order chi connectivity index (χ1) is 9.24. The highest BCUT2D eigenvalue weighted by Crippen LogP contribution is 2.31. The molecule has 2 aromatic rings. The summed E-state index contributed by atoms with van der Waals surface area (Å²) in [5, 5.41) is 0.920. The van der Waals surface area contributed by atoms with Crippen LogP contribution in [0.2, 0.25) is 0 Å². The molecule has 0 N–H and O–H groups in total.